The first-order valence-electron chi connectivity index (χ1n) is 11.2. The molecule has 4 heteroatoms. The van der Waals surface area contributed by atoms with Crippen molar-refractivity contribution in [2.75, 3.05) is 6.54 Å². The first-order chi connectivity index (χ1) is 15.1. The second kappa shape index (κ2) is 8.20. The maximum absolute atomic E-state index is 7.71. The molecule has 0 spiro atoms. The maximum atomic E-state index is 7.71. The molecule has 0 radical (unpaired) electrons. The Labute approximate surface area is 183 Å². The predicted molar refractivity (Wildman–Crippen MR) is 130 cm³/mol. The molecule has 31 heavy (non-hydrogen) atoms. The van der Waals surface area contributed by atoms with E-state index in [-0.39, 0.29) is 5.84 Å². The third-order valence-corrected chi connectivity index (χ3v) is 6.94. The molecule has 1 atom stereocenters. The Morgan fingerprint density at radius 3 is 2.74 bits per heavy atom. The average Bonchev–Trinajstić information content (AvgIpc) is 3.36. The van der Waals surface area contributed by atoms with Gasteiger partial charge in [-0.15, -0.1) is 0 Å². The summed E-state index contributed by atoms with van der Waals surface area (Å²) in [4.78, 5) is 2.68. The minimum absolute atomic E-state index is 0.125. The largest absolute Gasteiger partial charge is 0.384 e. The van der Waals surface area contributed by atoms with Crippen LogP contribution in [0.2, 0.25) is 0 Å². The summed E-state index contributed by atoms with van der Waals surface area (Å²) in [7, 11) is 2.13. The highest BCUT2D eigenvalue weighted by atomic mass is 15.2. The van der Waals surface area contributed by atoms with Crippen LogP contribution in [0.25, 0.3) is 21.7 Å². The Morgan fingerprint density at radius 1 is 1.03 bits per heavy atom. The Hall–Kier alpha value is -3.11. The summed E-state index contributed by atoms with van der Waals surface area (Å²) in [5, 5.41) is 11.6. The van der Waals surface area contributed by atoms with E-state index in [1.807, 2.05) is 12.1 Å². The van der Waals surface area contributed by atoms with Gasteiger partial charge < -0.3 is 10.3 Å². The lowest BCUT2D eigenvalue weighted by molar-refractivity contribution is 0.235. The van der Waals surface area contributed by atoms with Gasteiger partial charge in [0.05, 0.1) is 0 Å². The molecule has 1 aliphatic rings. The fourth-order valence-corrected chi connectivity index (χ4v) is 5.19. The number of nitrogens with two attached hydrogens (primary N) is 1. The van der Waals surface area contributed by atoms with Gasteiger partial charge in [0.2, 0.25) is 0 Å². The van der Waals surface area contributed by atoms with Crippen molar-refractivity contribution >= 4 is 27.5 Å². The van der Waals surface area contributed by atoms with Gasteiger partial charge in [0.25, 0.3) is 0 Å². The zero-order valence-electron chi connectivity index (χ0n) is 18.1. The molecule has 158 valence electrons. The highest BCUT2D eigenvalue weighted by molar-refractivity contribution is 5.98. The van der Waals surface area contributed by atoms with Crippen LogP contribution in [-0.2, 0) is 20.0 Å². The summed E-state index contributed by atoms with van der Waals surface area (Å²) in [5.74, 6) is 0.125. The molecule has 1 unspecified atom stereocenters. The Morgan fingerprint density at radius 2 is 1.87 bits per heavy atom. The molecule has 0 amide bonds. The van der Waals surface area contributed by atoms with Crippen molar-refractivity contribution in [2.45, 2.75) is 38.3 Å². The Bertz CT molecular complexity index is 1250. The quantitative estimate of drug-likeness (QED) is 0.338. The fourth-order valence-electron chi connectivity index (χ4n) is 5.19. The SMILES string of the molecule is Cn1c(CCC2CCCN2Cc2cccc3ccccc23)cc2ccc(C(=N)N)cc21. The van der Waals surface area contributed by atoms with Crippen molar-refractivity contribution in [3.63, 3.8) is 0 Å². The van der Waals surface area contributed by atoms with Crippen LogP contribution in [0.5, 0.6) is 0 Å². The summed E-state index contributed by atoms with van der Waals surface area (Å²) in [6, 6.07) is 24.4. The molecule has 1 saturated heterocycles. The average molecular weight is 411 g/mol. The molecule has 5 rings (SSSR count). The van der Waals surface area contributed by atoms with Crippen molar-refractivity contribution in [1.82, 2.24) is 9.47 Å². The summed E-state index contributed by atoms with van der Waals surface area (Å²) in [5.41, 5.74) is 10.4. The number of nitrogen functional groups attached to an aromatic ring is 1. The normalized spacial score (nSPS) is 17.0. The topological polar surface area (TPSA) is 58.0 Å². The minimum Gasteiger partial charge on any atom is -0.384 e. The van der Waals surface area contributed by atoms with E-state index in [0.717, 1.165) is 24.0 Å². The number of hydrogen-bond acceptors (Lipinski definition) is 2. The van der Waals surface area contributed by atoms with Crippen LogP contribution in [0.15, 0.2) is 66.7 Å². The highest BCUT2D eigenvalue weighted by Gasteiger charge is 2.25. The number of aryl methyl sites for hydroxylation is 2. The van der Waals surface area contributed by atoms with Gasteiger partial charge in [0.15, 0.2) is 0 Å². The third kappa shape index (κ3) is 3.84. The van der Waals surface area contributed by atoms with Gasteiger partial charge in [-0.3, -0.25) is 10.3 Å². The van der Waals surface area contributed by atoms with Gasteiger partial charge in [-0.1, -0.05) is 54.6 Å². The molecule has 0 aliphatic carbocycles. The lowest BCUT2D eigenvalue weighted by Gasteiger charge is -2.25. The van der Waals surface area contributed by atoms with E-state index in [9.17, 15) is 0 Å². The first kappa shape index (κ1) is 19.8. The van der Waals surface area contributed by atoms with Gasteiger partial charge >= 0.3 is 0 Å². The van der Waals surface area contributed by atoms with E-state index >= 15 is 0 Å². The first-order valence-corrected chi connectivity index (χ1v) is 11.2. The molecule has 1 fully saturated rings. The van der Waals surface area contributed by atoms with Gasteiger partial charge in [-0.2, -0.15) is 0 Å². The molecule has 3 aromatic carbocycles. The fraction of sp³-hybridized carbons (Fsp3) is 0.296. The van der Waals surface area contributed by atoms with Crippen LogP contribution >= 0.6 is 0 Å². The highest BCUT2D eigenvalue weighted by Crippen LogP contribution is 2.28. The summed E-state index contributed by atoms with van der Waals surface area (Å²) < 4.78 is 2.27. The van der Waals surface area contributed by atoms with E-state index in [1.54, 1.807) is 0 Å². The zero-order valence-corrected chi connectivity index (χ0v) is 18.1. The zero-order chi connectivity index (χ0) is 21.4. The van der Waals surface area contributed by atoms with E-state index in [1.165, 1.54) is 53.2 Å². The second-order valence-electron chi connectivity index (χ2n) is 8.83. The van der Waals surface area contributed by atoms with E-state index < -0.39 is 0 Å². The van der Waals surface area contributed by atoms with E-state index in [2.05, 4.69) is 71.1 Å². The Balaban J connectivity index is 1.32. The van der Waals surface area contributed by atoms with Crippen LogP contribution in [0.1, 0.15) is 36.1 Å². The van der Waals surface area contributed by atoms with E-state index in [4.69, 9.17) is 11.1 Å². The van der Waals surface area contributed by atoms with Crippen LogP contribution < -0.4 is 5.73 Å². The molecule has 0 bridgehead atoms. The third-order valence-electron chi connectivity index (χ3n) is 6.94. The van der Waals surface area contributed by atoms with Gasteiger partial charge in [0, 0.05) is 36.4 Å². The number of likely N-dealkylation sites (tertiary alicyclic amines) is 1. The lowest BCUT2D eigenvalue weighted by atomic mass is 10.0. The summed E-state index contributed by atoms with van der Waals surface area (Å²) in [6.07, 6.45) is 4.81. The van der Waals surface area contributed by atoms with Crippen molar-refractivity contribution in [1.29, 1.82) is 5.41 Å². The molecule has 2 heterocycles. The predicted octanol–water partition coefficient (Wildman–Crippen LogP) is 5.21. The number of fused-ring (bicyclic) bond motifs is 2. The van der Waals surface area contributed by atoms with Crippen molar-refractivity contribution in [3.05, 3.63) is 83.6 Å². The molecule has 1 aromatic heterocycles. The van der Waals surface area contributed by atoms with Gasteiger partial charge in [0.1, 0.15) is 5.84 Å². The van der Waals surface area contributed by atoms with Crippen molar-refractivity contribution in [2.24, 2.45) is 12.8 Å². The Kier molecular flexibility index (Phi) is 5.24. The number of rotatable bonds is 6. The summed E-state index contributed by atoms with van der Waals surface area (Å²) in [6.45, 7) is 2.22. The number of amidine groups is 1. The standard InChI is InChI=1S/C27H30N4/c1-30-24(16-20-11-12-21(27(28)29)17-26(20)30)14-13-23-9-5-15-31(23)18-22-8-4-7-19-6-2-3-10-25(19)22/h2-4,6-8,10-12,16-17,23H,5,9,13-15,18H2,1H3,(H3,28,29). The minimum atomic E-state index is 0.125. The molecule has 4 nitrogen and oxygen atoms in total. The van der Waals surface area contributed by atoms with Gasteiger partial charge in [-0.05, 0) is 66.1 Å². The number of aromatic nitrogens is 1. The number of nitrogens with one attached hydrogen (secondary N) is 1. The lowest BCUT2D eigenvalue weighted by Crippen LogP contribution is -2.29. The van der Waals surface area contributed by atoms with Crippen LogP contribution in [0.4, 0.5) is 0 Å². The second-order valence-corrected chi connectivity index (χ2v) is 8.83. The van der Waals surface area contributed by atoms with Crippen molar-refractivity contribution < 1.29 is 0 Å². The molecular formula is C27H30N4. The molecular weight excluding hydrogens is 380 g/mol. The number of nitrogens with zero attached hydrogens (tertiary/aromatic N) is 2. The number of hydrogen-bond donors (Lipinski definition) is 2. The van der Waals surface area contributed by atoms with Crippen LogP contribution in [0, 0.1) is 5.41 Å². The maximum Gasteiger partial charge on any atom is 0.122 e. The van der Waals surface area contributed by atoms with E-state index in [0.29, 0.717) is 6.04 Å². The van der Waals surface area contributed by atoms with Crippen molar-refractivity contribution in [3.8, 4) is 0 Å². The molecule has 1 aliphatic heterocycles. The van der Waals surface area contributed by atoms with Crippen LogP contribution in [-0.4, -0.2) is 27.9 Å². The molecule has 0 saturated carbocycles. The van der Waals surface area contributed by atoms with Gasteiger partial charge in [-0.25, -0.2) is 0 Å². The monoisotopic (exact) mass is 410 g/mol. The van der Waals surface area contributed by atoms with Crippen LogP contribution in [0.3, 0.4) is 0 Å². The smallest absolute Gasteiger partial charge is 0.122 e. The number of benzene rings is 3. The molecule has 3 N–H and O–H groups in total. The summed E-state index contributed by atoms with van der Waals surface area (Å²) >= 11 is 0. The molecule has 4 aromatic rings.